The van der Waals surface area contributed by atoms with Crippen LogP contribution in [0.25, 0.3) is 0 Å². The number of rotatable bonds is 5. The fraction of sp³-hybridized carbons (Fsp3) is 0.355. The number of carbonyl (C=O) groups is 2. The highest BCUT2D eigenvalue weighted by Crippen LogP contribution is 2.35. The first-order chi connectivity index (χ1) is 17.9. The number of benzene rings is 3. The first-order valence-corrected chi connectivity index (χ1v) is 13.0. The maximum absolute atomic E-state index is 13.9. The average Bonchev–Trinajstić information content (AvgIpc) is 3.38. The van der Waals surface area contributed by atoms with E-state index in [1.165, 1.54) is 16.8 Å². The van der Waals surface area contributed by atoms with E-state index in [4.69, 9.17) is 4.74 Å². The predicted octanol–water partition coefficient (Wildman–Crippen LogP) is 4.52. The van der Waals surface area contributed by atoms with Gasteiger partial charge in [0.1, 0.15) is 5.75 Å². The second-order valence-corrected chi connectivity index (χ2v) is 10.2. The third-order valence-corrected chi connectivity index (χ3v) is 7.81. The van der Waals surface area contributed by atoms with Crippen LogP contribution >= 0.6 is 0 Å². The van der Waals surface area contributed by atoms with Gasteiger partial charge in [-0.1, -0.05) is 48.0 Å². The zero-order valence-corrected chi connectivity index (χ0v) is 21.9. The lowest BCUT2D eigenvalue weighted by atomic mass is 9.87. The molecule has 3 aromatic rings. The van der Waals surface area contributed by atoms with E-state index in [-0.39, 0.29) is 23.7 Å². The monoisotopic (exact) mass is 497 g/mol. The zero-order valence-electron chi connectivity index (χ0n) is 21.9. The third kappa shape index (κ3) is 5.19. The molecule has 0 saturated carbocycles. The van der Waals surface area contributed by atoms with Crippen LogP contribution in [0.5, 0.6) is 5.75 Å². The van der Waals surface area contributed by atoms with Crippen LogP contribution in [0, 0.1) is 19.8 Å². The number of hydrogen-bond acceptors (Lipinski definition) is 4. The largest absolute Gasteiger partial charge is 0.497 e. The van der Waals surface area contributed by atoms with E-state index in [0.29, 0.717) is 37.5 Å². The van der Waals surface area contributed by atoms with Gasteiger partial charge in [0.05, 0.1) is 13.0 Å². The smallest absolute Gasteiger partial charge is 0.253 e. The molecule has 2 heterocycles. The van der Waals surface area contributed by atoms with Gasteiger partial charge in [0.2, 0.25) is 5.91 Å². The summed E-state index contributed by atoms with van der Waals surface area (Å²) in [6.45, 7) is 8.17. The molecule has 0 bridgehead atoms. The number of likely N-dealkylation sites (tertiary alicyclic amines) is 1. The molecule has 6 heteroatoms. The van der Waals surface area contributed by atoms with Crippen LogP contribution in [-0.4, -0.2) is 68.0 Å². The molecule has 6 nitrogen and oxygen atoms in total. The van der Waals surface area contributed by atoms with Crippen LogP contribution in [0.4, 0.5) is 5.69 Å². The molecular formula is C31H35N3O3. The molecule has 2 unspecified atom stereocenters. The van der Waals surface area contributed by atoms with Crippen molar-refractivity contribution in [2.45, 2.75) is 19.8 Å². The van der Waals surface area contributed by atoms with Gasteiger partial charge in [0, 0.05) is 56.4 Å². The van der Waals surface area contributed by atoms with Crippen LogP contribution in [0.2, 0.25) is 0 Å². The van der Waals surface area contributed by atoms with E-state index in [1.807, 2.05) is 9.80 Å². The number of amides is 2. The van der Waals surface area contributed by atoms with Crippen molar-refractivity contribution < 1.29 is 14.3 Å². The van der Waals surface area contributed by atoms with Gasteiger partial charge in [0.25, 0.3) is 5.91 Å². The number of nitrogens with zero attached hydrogens (tertiary/aromatic N) is 3. The zero-order chi connectivity index (χ0) is 25.9. The van der Waals surface area contributed by atoms with Crippen molar-refractivity contribution in [1.29, 1.82) is 0 Å². The molecule has 0 N–H and O–H groups in total. The fourth-order valence-electron chi connectivity index (χ4n) is 5.61. The van der Waals surface area contributed by atoms with Gasteiger partial charge >= 0.3 is 0 Å². The Morgan fingerprint density at radius 3 is 2.11 bits per heavy atom. The van der Waals surface area contributed by atoms with Gasteiger partial charge in [0.15, 0.2) is 0 Å². The quantitative estimate of drug-likeness (QED) is 0.520. The van der Waals surface area contributed by atoms with E-state index in [1.54, 1.807) is 31.4 Å². The maximum Gasteiger partial charge on any atom is 0.253 e. The minimum Gasteiger partial charge on any atom is -0.497 e. The van der Waals surface area contributed by atoms with E-state index in [9.17, 15) is 9.59 Å². The third-order valence-electron chi connectivity index (χ3n) is 7.81. The summed E-state index contributed by atoms with van der Waals surface area (Å²) < 4.78 is 5.24. The summed E-state index contributed by atoms with van der Waals surface area (Å²) in [7, 11) is 1.61. The minimum absolute atomic E-state index is 0.0234. The van der Waals surface area contributed by atoms with Crippen LogP contribution in [0.3, 0.4) is 0 Å². The standard InChI is InChI=1S/C31H35N3O3/c1-22-8-10-24(11-9-22)27-20-34(30(35)25-12-14-26(37-3)15-13-25)21-28(27)31(36)33-18-16-32(17-19-33)29-7-5-4-6-23(29)2/h4-15,27-28H,16-21H2,1-3H3. The molecule has 0 spiro atoms. The Bertz CT molecular complexity index is 1250. The molecule has 3 aromatic carbocycles. The number of hydrogen-bond donors (Lipinski definition) is 0. The summed E-state index contributed by atoms with van der Waals surface area (Å²) in [5.41, 5.74) is 5.41. The number of anilines is 1. The molecule has 2 saturated heterocycles. The van der Waals surface area contributed by atoms with Crippen molar-refractivity contribution in [3.8, 4) is 5.75 Å². The number of aryl methyl sites for hydroxylation is 2. The van der Waals surface area contributed by atoms with Crippen LogP contribution < -0.4 is 9.64 Å². The molecule has 2 atom stereocenters. The Hall–Kier alpha value is -3.80. The first kappa shape index (κ1) is 24.9. The molecule has 5 rings (SSSR count). The van der Waals surface area contributed by atoms with Gasteiger partial charge in [-0.2, -0.15) is 0 Å². The average molecular weight is 498 g/mol. The normalized spacial score (nSPS) is 19.7. The summed E-state index contributed by atoms with van der Waals surface area (Å²) in [6, 6.07) is 24.0. The van der Waals surface area contributed by atoms with Crippen LogP contribution in [0.1, 0.15) is 33.0 Å². The summed E-state index contributed by atoms with van der Waals surface area (Å²) in [6.07, 6.45) is 0. The van der Waals surface area contributed by atoms with Crippen molar-refractivity contribution >= 4 is 17.5 Å². The lowest BCUT2D eigenvalue weighted by Crippen LogP contribution is -2.51. The van der Waals surface area contributed by atoms with Crippen molar-refractivity contribution in [1.82, 2.24) is 9.80 Å². The molecular weight excluding hydrogens is 462 g/mol. The molecule has 2 fully saturated rings. The summed E-state index contributed by atoms with van der Waals surface area (Å²) in [4.78, 5) is 33.5. The van der Waals surface area contributed by atoms with E-state index >= 15 is 0 Å². The molecule has 2 aliphatic heterocycles. The second kappa shape index (κ2) is 10.7. The highest BCUT2D eigenvalue weighted by atomic mass is 16.5. The van der Waals surface area contributed by atoms with E-state index in [2.05, 4.69) is 67.3 Å². The van der Waals surface area contributed by atoms with Gasteiger partial charge in [-0.25, -0.2) is 0 Å². The number of piperazine rings is 1. The lowest BCUT2D eigenvalue weighted by Gasteiger charge is -2.38. The summed E-state index contributed by atoms with van der Waals surface area (Å²) >= 11 is 0. The number of carbonyl (C=O) groups excluding carboxylic acids is 2. The van der Waals surface area contributed by atoms with Crippen molar-refractivity contribution in [3.05, 3.63) is 95.1 Å². The van der Waals surface area contributed by atoms with Gasteiger partial charge in [-0.15, -0.1) is 0 Å². The maximum atomic E-state index is 13.9. The Labute approximate surface area is 219 Å². The Balaban J connectivity index is 1.33. The topological polar surface area (TPSA) is 53.1 Å². The van der Waals surface area contributed by atoms with E-state index in [0.717, 1.165) is 18.7 Å². The van der Waals surface area contributed by atoms with Gasteiger partial charge in [-0.3, -0.25) is 9.59 Å². The molecule has 2 aliphatic rings. The molecule has 2 amide bonds. The fourth-order valence-corrected chi connectivity index (χ4v) is 5.61. The highest BCUT2D eigenvalue weighted by molar-refractivity contribution is 5.95. The van der Waals surface area contributed by atoms with Gasteiger partial charge < -0.3 is 19.4 Å². The predicted molar refractivity (Wildman–Crippen MR) is 146 cm³/mol. The molecule has 0 aliphatic carbocycles. The van der Waals surface area contributed by atoms with Crippen LogP contribution in [-0.2, 0) is 4.79 Å². The Morgan fingerprint density at radius 1 is 0.784 bits per heavy atom. The number of methoxy groups -OCH3 is 1. The Kier molecular flexibility index (Phi) is 7.17. The van der Waals surface area contributed by atoms with E-state index < -0.39 is 0 Å². The van der Waals surface area contributed by atoms with Crippen molar-refractivity contribution in [2.24, 2.45) is 5.92 Å². The van der Waals surface area contributed by atoms with Crippen molar-refractivity contribution in [3.63, 3.8) is 0 Å². The molecule has 192 valence electrons. The van der Waals surface area contributed by atoms with Gasteiger partial charge in [-0.05, 0) is 55.3 Å². The number of ether oxygens (including phenoxy) is 1. The molecule has 0 aromatic heterocycles. The first-order valence-electron chi connectivity index (χ1n) is 13.0. The lowest BCUT2D eigenvalue weighted by molar-refractivity contribution is -0.135. The SMILES string of the molecule is COc1ccc(C(=O)N2CC(C(=O)N3CCN(c4ccccc4C)CC3)C(c3ccc(C)cc3)C2)cc1. The summed E-state index contributed by atoms with van der Waals surface area (Å²) in [5, 5.41) is 0. The molecule has 0 radical (unpaired) electrons. The highest BCUT2D eigenvalue weighted by Gasteiger charge is 2.42. The van der Waals surface area contributed by atoms with Crippen LogP contribution in [0.15, 0.2) is 72.8 Å². The molecule has 37 heavy (non-hydrogen) atoms. The second-order valence-electron chi connectivity index (χ2n) is 10.2. The van der Waals surface area contributed by atoms with Crippen molar-refractivity contribution in [2.75, 3.05) is 51.3 Å². The summed E-state index contributed by atoms with van der Waals surface area (Å²) in [5.74, 6) is 0.549. The number of para-hydroxylation sites is 1. The minimum atomic E-state index is -0.255. The Morgan fingerprint density at radius 2 is 1.46 bits per heavy atom.